The summed E-state index contributed by atoms with van der Waals surface area (Å²) in [6, 6.07) is 10.0. The van der Waals surface area contributed by atoms with Crippen molar-refractivity contribution in [1.82, 2.24) is 4.90 Å². The molecule has 2 rings (SSSR count). The van der Waals surface area contributed by atoms with Gasteiger partial charge in [0.25, 0.3) is 0 Å². The van der Waals surface area contributed by atoms with Crippen molar-refractivity contribution in [3.63, 3.8) is 0 Å². The van der Waals surface area contributed by atoms with Crippen molar-refractivity contribution < 1.29 is 4.79 Å². The van der Waals surface area contributed by atoms with Crippen molar-refractivity contribution in [3.8, 4) is 0 Å². The van der Waals surface area contributed by atoms with Gasteiger partial charge in [0.1, 0.15) is 0 Å². The summed E-state index contributed by atoms with van der Waals surface area (Å²) in [5.41, 5.74) is 0.631. The van der Waals surface area contributed by atoms with Crippen LogP contribution in [0.1, 0.15) is 32.3 Å². The molecule has 0 bridgehead atoms. The number of hydrogen-bond donors (Lipinski definition) is 0. The molecule has 0 aromatic heterocycles. The van der Waals surface area contributed by atoms with Crippen LogP contribution in [0.15, 0.2) is 30.3 Å². The molecule has 2 nitrogen and oxygen atoms in total. The van der Waals surface area contributed by atoms with Crippen LogP contribution < -0.4 is 0 Å². The molecule has 0 heterocycles. The van der Waals surface area contributed by atoms with Gasteiger partial charge in [-0.15, -0.1) is 0 Å². The van der Waals surface area contributed by atoms with Gasteiger partial charge in [0.15, 0.2) is 0 Å². The van der Waals surface area contributed by atoms with Crippen molar-refractivity contribution >= 4 is 21.8 Å². The lowest BCUT2D eigenvalue weighted by Gasteiger charge is -2.37. The van der Waals surface area contributed by atoms with E-state index in [9.17, 15) is 4.79 Å². The van der Waals surface area contributed by atoms with E-state index >= 15 is 0 Å². The Labute approximate surface area is 124 Å². The topological polar surface area (TPSA) is 20.3 Å². The Morgan fingerprint density at radius 3 is 2.42 bits per heavy atom. The van der Waals surface area contributed by atoms with Gasteiger partial charge < -0.3 is 4.90 Å². The number of rotatable bonds is 4. The molecule has 0 N–H and O–H groups in total. The van der Waals surface area contributed by atoms with Crippen LogP contribution in [0, 0.1) is 5.92 Å². The Bertz CT molecular complexity index is 437. The number of hydrogen-bond acceptors (Lipinski definition) is 1. The van der Waals surface area contributed by atoms with Crippen LogP contribution in [0.2, 0.25) is 0 Å². The highest BCUT2D eigenvalue weighted by Crippen LogP contribution is 2.34. The molecule has 0 saturated heterocycles. The first-order valence-electron chi connectivity index (χ1n) is 6.86. The van der Waals surface area contributed by atoms with Crippen LogP contribution in [0.3, 0.4) is 0 Å². The lowest BCUT2D eigenvalue weighted by atomic mass is 9.81. The second-order valence-electron chi connectivity index (χ2n) is 6.11. The Morgan fingerprint density at radius 1 is 1.32 bits per heavy atom. The zero-order chi connectivity index (χ0) is 14.0. The summed E-state index contributed by atoms with van der Waals surface area (Å²) in [5, 5.41) is 0. The van der Waals surface area contributed by atoms with E-state index in [1.54, 1.807) is 0 Å². The van der Waals surface area contributed by atoms with Crippen molar-refractivity contribution in [2.24, 2.45) is 5.92 Å². The molecule has 1 aromatic carbocycles. The quantitative estimate of drug-likeness (QED) is 0.775. The number of amides is 1. The van der Waals surface area contributed by atoms with Gasteiger partial charge in [0, 0.05) is 18.4 Å². The summed E-state index contributed by atoms with van der Waals surface area (Å²) in [7, 11) is 1.93. The van der Waals surface area contributed by atoms with Gasteiger partial charge in [-0.3, -0.25) is 4.79 Å². The third-order valence-electron chi connectivity index (χ3n) is 4.09. The minimum absolute atomic E-state index is 0.205. The molecule has 3 heteroatoms. The molecular weight excluding hydrogens is 302 g/mol. The molecule has 1 fully saturated rings. The van der Waals surface area contributed by atoms with Crippen molar-refractivity contribution in [2.45, 2.75) is 36.9 Å². The van der Waals surface area contributed by atoms with Crippen LogP contribution in [-0.4, -0.2) is 29.2 Å². The van der Waals surface area contributed by atoms with E-state index in [1.807, 2.05) is 56.1 Å². The Hall–Kier alpha value is -0.830. The van der Waals surface area contributed by atoms with E-state index in [2.05, 4.69) is 15.9 Å². The van der Waals surface area contributed by atoms with Crippen molar-refractivity contribution in [1.29, 1.82) is 0 Å². The number of carbonyl (C=O) groups is 1. The van der Waals surface area contributed by atoms with E-state index in [4.69, 9.17) is 0 Å². The van der Waals surface area contributed by atoms with Crippen molar-refractivity contribution in [3.05, 3.63) is 35.9 Å². The average molecular weight is 324 g/mol. The summed E-state index contributed by atoms with van der Waals surface area (Å²) >= 11 is 3.60. The molecule has 1 saturated carbocycles. The number of benzene rings is 1. The van der Waals surface area contributed by atoms with E-state index < -0.39 is 5.41 Å². The molecule has 0 radical (unpaired) electrons. The standard InChI is InChI=1S/C16H22BrNO/c1-16(2,13-7-5-4-6-8-13)15(19)18(3)11-12-9-14(17)10-12/h4-8,12,14H,9-11H2,1-3H3. The highest BCUT2D eigenvalue weighted by atomic mass is 79.9. The Morgan fingerprint density at radius 2 is 1.89 bits per heavy atom. The normalized spacial score (nSPS) is 22.7. The van der Waals surface area contributed by atoms with Crippen LogP contribution in [0.4, 0.5) is 0 Å². The van der Waals surface area contributed by atoms with Gasteiger partial charge in [-0.1, -0.05) is 46.3 Å². The zero-order valence-corrected chi connectivity index (χ0v) is 13.5. The first-order valence-corrected chi connectivity index (χ1v) is 7.78. The Balaban J connectivity index is 2.01. The molecule has 1 aliphatic rings. The second kappa shape index (κ2) is 5.66. The number of alkyl halides is 1. The van der Waals surface area contributed by atoms with Crippen LogP contribution in [0.25, 0.3) is 0 Å². The molecule has 0 spiro atoms. The first-order chi connectivity index (χ1) is 8.91. The van der Waals surface area contributed by atoms with E-state index in [0.29, 0.717) is 10.7 Å². The molecule has 19 heavy (non-hydrogen) atoms. The van der Waals surface area contributed by atoms with Gasteiger partial charge in [-0.25, -0.2) is 0 Å². The summed E-state index contributed by atoms with van der Waals surface area (Å²) in [6.07, 6.45) is 2.37. The maximum atomic E-state index is 12.6. The largest absolute Gasteiger partial charge is 0.345 e. The molecule has 0 unspecified atom stereocenters. The van der Waals surface area contributed by atoms with Gasteiger partial charge >= 0.3 is 0 Å². The summed E-state index contributed by atoms with van der Waals surface area (Å²) in [5.74, 6) is 0.863. The smallest absolute Gasteiger partial charge is 0.232 e. The van der Waals surface area contributed by atoms with Gasteiger partial charge in [-0.05, 0) is 38.2 Å². The maximum Gasteiger partial charge on any atom is 0.232 e. The summed E-state index contributed by atoms with van der Waals surface area (Å²) < 4.78 is 0. The molecule has 1 amide bonds. The van der Waals surface area contributed by atoms with Gasteiger partial charge in [-0.2, -0.15) is 0 Å². The first kappa shape index (κ1) is 14.6. The van der Waals surface area contributed by atoms with E-state index in [-0.39, 0.29) is 5.91 Å². The molecule has 104 valence electrons. The van der Waals surface area contributed by atoms with Crippen LogP contribution in [0.5, 0.6) is 0 Å². The number of carbonyl (C=O) groups excluding carboxylic acids is 1. The number of likely N-dealkylation sites (N-methyl/N-ethyl adjacent to an activating group) is 1. The Kier molecular flexibility index (Phi) is 4.34. The lowest BCUT2D eigenvalue weighted by Crippen LogP contribution is -2.45. The minimum Gasteiger partial charge on any atom is -0.345 e. The van der Waals surface area contributed by atoms with Crippen LogP contribution >= 0.6 is 15.9 Å². The maximum absolute atomic E-state index is 12.6. The minimum atomic E-state index is -0.451. The summed E-state index contributed by atoms with van der Waals surface area (Å²) in [6.45, 7) is 4.89. The zero-order valence-electron chi connectivity index (χ0n) is 11.9. The van der Waals surface area contributed by atoms with Gasteiger partial charge in [0.05, 0.1) is 5.41 Å². The fourth-order valence-electron chi connectivity index (χ4n) is 2.73. The highest BCUT2D eigenvalue weighted by Gasteiger charge is 2.35. The highest BCUT2D eigenvalue weighted by molar-refractivity contribution is 9.09. The monoisotopic (exact) mass is 323 g/mol. The molecule has 0 aliphatic heterocycles. The van der Waals surface area contributed by atoms with Gasteiger partial charge in [0.2, 0.25) is 5.91 Å². The molecular formula is C16H22BrNO. The fraction of sp³-hybridized carbons (Fsp3) is 0.562. The number of halogens is 1. The van der Waals surface area contributed by atoms with Crippen molar-refractivity contribution in [2.75, 3.05) is 13.6 Å². The number of nitrogens with zero attached hydrogens (tertiary/aromatic N) is 1. The lowest BCUT2D eigenvalue weighted by molar-refractivity contribution is -0.135. The predicted octanol–water partition coefficient (Wildman–Crippen LogP) is 3.60. The SMILES string of the molecule is CN(CC1CC(Br)C1)C(=O)C(C)(C)c1ccccc1. The van der Waals surface area contributed by atoms with Crippen LogP contribution in [-0.2, 0) is 10.2 Å². The molecule has 1 aliphatic carbocycles. The summed E-state index contributed by atoms with van der Waals surface area (Å²) in [4.78, 5) is 15.2. The predicted molar refractivity (Wildman–Crippen MR) is 82.5 cm³/mol. The molecule has 0 atom stereocenters. The third kappa shape index (κ3) is 3.19. The molecule has 1 aromatic rings. The van der Waals surface area contributed by atoms with E-state index in [1.165, 1.54) is 12.8 Å². The van der Waals surface area contributed by atoms with E-state index in [0.717, 1.165) is 12.1 Å². The average Bonchev–Trinajstić information content (AvgIpc) is 2.37. The second-order valence-corrected chi connectivity index (χ2v) is 7.41. The third-order valence-corrected chi connectivity index (χ3v) is 4.83. The fourth-order valence-corrected chi connectivity index (χ4v) is 3.79.